The summed E-state index contributed by atoms with van der Waals surface area (Å²) in [4.78, 5) is 0. The Balaban J connectivity index is 2.39. The van der Waals surface area contributed by atoms with Crippen LogP contribution in [0.25, 0.3) is 0 Å². The molecule has 2 aliphatic heterocycles. The largest absolute Gasteiger partial charge is 0.379 e. The summed E-state index contributed by atoms with van der Waals surface area (Å²) in [6.07, 6.45) is 11.3. The lowest BCUT2D eigenvalue weighted by molar-refractivity contribution is -0.279. The van der Waals surface area contributed by atoms with E-state index in [0.717, 1.165) is 77.0 Å². The Kier molecular flexibility index (Phi) is 25.4. The summed E-state index contributed by atoms with van der Waals surface area (Å²) in [5, 5.41) is -0.0907. The molecule has 0 aromatic rings. The molecule has 0 spiro atoms. The van der Waals surface area contributed by atoms with E-state index >= 15 is 0 Å². The fourth-order valence-electron chi connectivity index (χ4n) is 5.76. The van der Waals surface area contributed by atoms with E-state index in [-0.39, 0.29) is 47.3 Å². The van der Waals surface area contributed by atoms with E-state index in [1.165, 1.54) is 0 Å². The van der Waals surface area contributed by atoms with Crippen molar-refractivity contribution in [2.24, 2.45) is 0 Å². The molecule has 9 atom stereocenters. The summed E-state index contributed by atoms with van der Waals surface area (Å²) in [6.45, 7) is 18.2. The van der Waals surface area contributed by atoms with Crippen LogP contribution in [0.5, 0.6) is 0 Å². The highest BCUT2D eigenvalue weighted by atomic mass is 32.2. The summed E-state index contributed by atoms with van der Waals surface area (Å²) in [5.41, 5.74) is -0.160. The summed E-state index contributed by atoms with van der Waals surface area (Å²) >= 11 is 1.78. The number of unbranched alkanes of at least 4 members (excludes halogenated alkanes) is 6. The molecule has 2 heterocycles. The second kappa shape index (κ2) is 27.7. The molecular weight excluding hydrogens is 620 g/mol. The smallest absolute Gasteiger partial charge is 0.186 e. The van der Waals surface area contributed by atoms with Gasteiger partial charge in [0, 0.05) is 53.2 Å². The van der Waals surface area contributed by atoms with Gasteiger partial charge in [0.15, 0.2) is 6.29 Å². The molecule has 0 aromatic heterocycles. The van der Waals surface area contributed by atoms with Crippen LogP contribution < -0.4 is 0 Å². The first-order valence-electron chi connectivity index (χ1n) is 19.2. The van der Waals surface area contributed by atoms with Crippen molar-refractivity contribution in [3.8, 4) is 0 Å². The van der Waals surface area contributed by atoms with E-state index < -0.39 is 6.29 Å². The van der Waals surface area contributed by atoms with E-state index in [9.17, 15) is 0 Å². The average molecular weight is 693 g/mol. The van der Waals surface area contributed by atoms with Crippen LogP contribution in [0.15, 0.2) is 0 Å². The number of rotatable bonds is 29. The molecule has 0 N–H and O–H groups in total. The minimum Gasteiger partial charge on any atom is -0.379 e. The van der Waals surface area contributed by atoms with Crippen LogP contribution >= 0.6 is 11.8 Å². The lowest BCUT2D eigenvalue weighted by atomic mass is 10.0. The maximum absolute atomic E-state index is 6.91. The predicted molar refractivity (Wildman–Crippen MR) is 190 cm³/mol. The minimum absolute atomic E-state index is 0.0871. The van der Waals surface area contributed by atoms with Crippen LogP contribution in [0.3, 0.4) is 0 Å². The molecule has 0 aliphatic carbocycles. The fraction of sp³-hybridized carbons (Fsp3) is 1.00. The second-order valence-corrected chi connectivity index (χ2v) is 14.2. The molecular formula is C37H72O9S. The standard InChI is InChI=1S/C37H72O9S/c1-8-14-20-39-27-30-33(42-23-17-11-4)29(41-22-16-10-3)26-32(45-30)47-36-31(28-40-21-15-9-2)46-37(38-7)35(44-25-19-13-6)34(36)43-24-18-12-5/h29-37H,8-28H2,1-7H3/t29?,30?,31?,32-,33-,34+,35?,36+,37-/m0/s1. The van der Waals surface area contributed by atoms with Gasteiger partial charge in [-0.1, -0.05) is 80.1 Å². The Hall–Kier alpha value is -0.0100. The van der Waals surface area contributed by atoms with Crippen molar-refractivity contribution in [1.82, 2.24) is 0 Å². The zero-order valence-corrected chi connectivity index (χ0v) is 31.9. The van der Waals surface area contributed by atoms with Gasteiger partial charge in [0.25, 0.3) is 0 Å². The topological polar surface area (TPSA) is 83.1 Å². The summed E-state index contributed by atoms with van der Waals surface area (Å²) in [6, 6.07) is 0. The molecule has 0 bridgehead atoms. The maximum Gasteiger partial charge on any atom is 0.186 e. The molecule has 9 nitrogen and oxygen atoms in total. The fourth-order valence-corrected chi connectivity index (χ4v) is 7.32. The molecule has 10 heteroatoms. The Labute approximate surface area is 292 Å². The normalized spacial score (nSPS) is 29.8. The molecule has 0 saturated carbocycles. The van der Waals surface area contributed by atoms with E-state index in [4.69, 9.17) is 42.6 Å². The van der Waals surface area contributed by atoms with Crippen LogP contribution in [0.4, 0.5) is 0 Å². The lowest BCUT2D eigenvalue weighted by Gasteiger charge is -2.48. The number of hydrogen-bond acceptors (Lipinski definition) is 10. The van der Waals surface area contributed by atoms with E-state index in [1.54, 1.807) is 18.9 Å². The molecule has 2 fully saturated rings. The molecule has 2 saturated heterocycles. The number of ether oxygens (including phenoxy) is 9. The molecule has 2 rings (SSSR count). The Bertz CT molecular complexity index is 719. The van der Waals surface area contributed by atoms with E-state index in [1.807, 2.05) is 0 Å². The van der Waals surface area contributed by atoms with Crippen molar-refractivity contribution in [2.75, 3.05) is 60.0 Å². The van der Waals surface area contributed by atoms with Gasteiger partial charge in [-0.25, -0.2) is 0 Å². The van der Waals surface area contributed by atoms with Gasteiger partial charge in [0.2, 0.25) is 0 Å². The highest BCUT2D eigenvalue weighted by molar-refractivity contribution is 8.00. The first kappa shape index (κ1) is 43.2. The first-order chi connectivity index (χ1) is 23.1. The summed E-state index contributed by atoms with van der Waals surface area (Å²) in [5.74, 6) is 0. The van der Waals surface area contributed by atoms with Gasteiger partial charge in [0.1, 0.15) is 29.9 Å². The average Bonchev–Trinajstić information content (AvgIpc) is 3.08. The van der Waals surface area contributed by atoms with Crippen LogP contribution in [0, 0.1) is 0 Å². The third-order valence-electron chi connectivity index (χ3n) is 8.72. The van der Waals surface area contributed by atoms with Gasteiger partial charge in [-0.2, -0.15) is 0 Å². The number of hydrogen-bond donors (Lipinski definition) is 0. The zero-order valence-electron chi connectivity index (χ0n) is 31.1. The Morgan fingerprint density at radius 1 is 0.532 bits per heavy atom. The number of methoxy groups -OCH3 is 1. The first-order valence-corrected chi connectivity index (χ1v) is 20.1. The highest BCUT2D eigenvalue weighted by Crippen LogP contribution is 2.41. The van der Waals surface area contributed by atoms with Gasteiger partial charge in [-0.3, -0.25) is 0 Å². The summed E-state index contributed by atoms with van der Waals surface area (Å²) in [7, 11) is 1.69. The van der Waals surface area contributed by atoms with Gasteiger partial charge in [-0.15, -0.1) is 11.8 Å². The Morgan fingerprint density at radius 3 is 1.53 bits per heavy atom. The van der Waals surface area contributed by atoms with Crippen LogP contribution in [0.2, 0.25) is 0 Å². The monoisotopic (exact) mass is 692 g/mol. The minimum atomic E-state index is -0.538. The van der Waals surface area contributed by atoms with Crippen molar-refractivity contribution >= 4 is 11.8 Å². The van der Waals surface area contributed by atoms with Crippen molar-refractivity contribution < 1.29 is 42.6 Å². The quantitative estimate of drug-likeness (QED) is 0.0721. The van der Waals surface area contributed by atoms with Crippen molar-refractivity contribution in [3.05, 3.63) is 0 Å². The molecule has 47 heavy (non-hydrogen) atoms. The van der Waals surface area contributed by atoms with Crippen molar-refractivity contribution in [3.63, 3.8) is 0 Å². The van der Waals surface area contributed by atoms with E-state index in [0.29, 0.717) is 59.3 Å². The van der Waals surface area contributed by atoms with Gasteiger partial charge in [-0.05, 0) is 38.5 Å². The third-order valence-corrected chi connectivity index (χ3v) is 10.2. The molecule has 4 unspecified atom stereocenters. The molecule has 2 aliphatic rings. The SMILES string of the molecule is CCCCOCC1O[C@@H](S[C@@H]2C(COCCCC)O[C@H](OC)C(OCCCC)[C@H]2OCCCC)CC(OCCCC)[C@@H]1OCCCC. The molecule has 0 amide bonds. The van der Waals surface area contributed by atoms with Crippen LogP contribution in [0.1, 0.15) is 125 Å². The van der Waals surface area contributed by atoms with Gasteiger partial charge in [0.05, 0.1) is 30.7 Å². The molecule has 0 radical (unpaired) electrons. The Morgan fingerprint density at radius 2 is 1.00 bits per heavy atom. The van der Waals surface area contributed by atoms with Gasteiger partial charge >= 0.3 is 0 Å². The third kappa shape index (κ3) is 16.3. The lowest BCUT2D eigenvalue weighted by Crippen LogP contribution is -2.61. The molecule has 280 valence electrons. The van der Waals surface area contributed by atoms with Crippen LogP contribution in [-0.2, 0) is 42.6 Å². The van der Waals surface area contributed by atoms with E-state index in [2.05, 4.69) is 41.5 Å². The maximum atomic E-state index is 6.91. The van der Waals surface area contributed by atoms with Crippen molar-refractivity contribution in [1.29, 1.82) is 0 Å². The summed E-state index contributed by atoms with van der Waals surface area (Å²) < 4.78 is 58.2. The van der Waals surface area contributed by atoms with Crippen LogP contribution in [-0.4, -0.2) is 114 Å². The second-order valence-electron chi connectivity index (χ2n) is 12.9. The highest BCUT2D eigenvalue weighted by Gasteiger charge is 2.50. The van der Waals surface area contributed by atoms with Gasteiger partial charge < -0.3 is 42.6 Å². The predicted octanol–water partition coefficient (Wildman–Crippen LogP) is 7.95. The van der Waals surface area contributed by atoms with Crippen molar-refractivity contribution in [2.45, 2.75) is 179 Å². The number of thioether (sulfide) groups is 1. The zero-order chi connectivity index (χ0) is 34.1. The molecule has 0 aromatic carbocycles.